The van der Waals surface area contributed by atoms with Crippen molar-refractivity contribution in [2.75, 3.05) is 26.1 Å². The number of carbonyl (C=O) groups excluding carboxylic acids is 2. The summed E-state index contributed by atoms with van der Waals surface area (Å²) in [5, 5.41) is 2.94. The Balaban J connectivity index is 2.16. The summed E-state index contributed by atoms with van der Waals surface area (Å²) < 4.78 is 10.6. The Bertz CT molecular complexity index is 805. The third kappa shape index (κ3) is 5.48. The molecule has 1 N–H and O–H groups in total. The van der Waals surface area contributed by atoms with E-state index in [2.05, 4.69) is 5.32 Å². The van der Waals surface area contributed by atoms with Gasteiger partial charge in [-0.3, -0.25) is 9.59 Å². The zero-order valence-electron chi connectivity index (χ0n) is 16.2. The molecule has 0 aliphatic carbocycles. The van der Waals surface area contributed by atoms with Crippen LogP contribution in [0.1, 0.15) is 25.0 Å². The van der Waals surface area contributed by atoms with Crippen LogP contribution in [0.25, 0.3) is 0 Å². The Hall–Kier alpha value is -3.02. The quantitative estimate of drug-likeness (QED) is 0.774. The standard InChI is InChI=1S/C21H26N2O4/c1-5-23(15(2)24)14-16-8-6-7-9-19(16)22-21(25)13-17-12-18(26-3)10-11-20(17)27-4/h6-12H,5,13-14H2,1-4H3,(H,22,25). The summed E-state index contributed by atoms with van der Waals surface area (Å²) in [4.78, 5) is 26.0. The molecule has 2 aromatic rings. The van der Waals surface area contributed by atoms with Crippen molar-refractivity contribution >= 4 is 17.5 Å². The van der Waals surface area contributed by atoms with Crippen LogP contribution in [0.15, 0.2) is 42.5 Å². The second-order valence-corrected chi connectivity index (χ2v) is 6.09. The predicted octanol–water partition coefficient (Wildman–Crippen LogP) is 3.25. The fourth-order valence-corrected chi connectivity index (χ4v) is 2.82. The van der Waals surface area contributed by atoms with Gasteiger partial charge in [-0.25, -0.2) is 0 Å². The number of hydrogen-bond acceptors (Lipinski definition) is 4. The van der Waals surface area contributed by atoms with E-state index in [9.17, 15) is 9.59 Å². The maximum atomic E-state index is 12.6. The molecule has 2 rings (SSSR count). The van der Waals surface area contributed by atoms with Gasteiger partial charge in [-0.1, -0.05) is 18.2 Å². The van der Waals surface area contributed by atoms with Gasteiger partial charge in [-0.05, 0) is 36.8 Å². The number of rotatable bonds is 8. The summed E-state index contributed by atoms with van der Waals surface area (Å²) in [5.41, 5.74) is 2.33. The van der Waals surface area contributed by atoms with E-state index in [1.54, 1.807) is 44.2 Å². The number of anilines is 1. The molecule has 0 aromatic heterocycles. The number of ether oxygens (including phenoxy) is 2. The molecule has 0 saturated carbocycles. The molecule has 0 radical (unpaired) electrons. The fourth-order valence-electron chi connectivity index (χ4n) is 2.82. The molecule has 2 amide bonds. The summed E-state index contributed by atoms with van der Waals surface area (Å²) >= 11 is 0. The molecule has 27 heavy (non-hydrogen) atoms. The van der Waals surface area contributed by atoms with Gasteiger partial charge in [0.15, 0.2) is 0 Å². The number of methoxy groups -OCH3 is 2. The highest BCUT2D eigenvalue weighted by Crippen LogP contribution is 2.25. The summed E-state index contributed by atoms with van der Waals surface area (Å²) in [7, 11) is 3.15. The van der Waals surface area contributed by atoms with Crippen molar-refractivity contribution < 1.29 is 19.1 Å². The molecule has 0 aliphatic heterocycles. The minimum Gasteiger partial charge on any atom is -0.497 e. The van der Waals surface area contributed by atoms with Gasteiger partial charge in [0, 0.05) is 31.3 Å². The zero-order valence-corrected chi connectivity index (χ0v) is 16.2. The normalized spacial score (nSPS) is 10.2. The summed E-state index contributed by atoms with van der Waals surface area (Å²) in [5.74, 6) is 1.13. The third-order valence-corrected chi connectivity index (χ3v) is 4.32. The SMILES string of the molecule is CCN(Cc1ccccc1NC(=O)Cc1cc(OC)ccc1OC)C(C)=O. The van der Waals surface area contributed by atoms with Crippen molar-refractivity contribution in [3.8, 4) is 11.5 Å². The van der Waals surface area contributed by atoms with Crippen molar-refractivity contribution in [2.45, 2.75) is 26.8 Å². The minimum atomic E-state index is -0.167. The monoisotopic (exact) mass is 370 g/mol. The van der Waals surface area contributed by atoms with E-state index in [-0.39, 0.29) is 18.2 Å². The van der Waals surface area contributed by atoms with Crippen LogP contribution in [0.4, 0.5) is 5.69 Å². The molecule has 6 nitrogen and oxygen atoms in total. The van der Waals surface area contributed by atoms with Crippen LogP contribution in [0.5, 0.6) is 11.5 Å². The van der Waals surface area contributed by atoms with Crippen LogP contribution >= 0.6 is 0 Å². The first-order valence-electron chi connectivity index (χ1n) is 8.82. The topological polar surface area (TPSA) is 67.9 Å². The van der Waals surface area contributed by atoms with Crippen LogP contribution in [0.3, 0.4) is 0 Å². The first-order chi connectivity index (χ1) is 13.0. The lowest BCUT2D eigenvalue weighted by Gasteiger charge is -2.21. The first kappa shape index (κ1) is 20.3. The number of carbonyl (C=O) groups is 2. The van der Waals surface area contributed by atoms with Crippen molar-refractivity contribution in [1.29, 1.82) is 0 Å². The molecule has 2 aromatic carbocycles. The highest BCUT2D eigenvalue weighted by atomic mass is 16.5. The van der Waals surface area contributed by atoms with Gasteiger partial charge >= 0.3 is 0 Å². The maximum Gasteiger partial charge on any atom is 0.228 e. The minimum absolute atomic E-state index is 0.000235. The molecule has 0 atom stereocenters. The highest BCUT2D eigenvalue weighted by Gasteiger charge is 2.14. The van der Waals surface area contributed by atoms with Crippen molar-refractivity contribution in [3.05, 3.63) is 53.6 Å². The third-order valence-electron chi connectivity index (χ3n) is 4.32. The summed E-state index contributed by atoms with van der Waals surface area (Å²) in [6.45, 7) is 4.53. The Morgan fingerprint density at radius 3 is 2.41 bits per heavy atom. The molecule has 0 bridgehead atoms. The molecule has 0 aliphatic rings. The lowest BCUT2D eigenvalue weighted by molar-refractivity contribution is -0.129. The number of benzene rings is 2. The van der Waals surface area contributed by atoms with E-state index < -0.39 is 0 Å². The largest absolute Gasteiger partial charge is 0.497 e. The molecular formula is C21H26N2O4. The number of amides is 2. The Kier molecular flexibility index (Phi) is 7.23. The first-order valence-corrected chi connectivity index (χ1v) is 8.82. The van der Waals surface area contributed by atoms with Gasteiger partial charge in [-0.15, -0.1) is 0 Å². The second-order valence-electron chi connectivity index (χ2n) is 6.09. The van der Waals surface area contributed by atoms with Crippen molar-refractivity contribution in [3.63, 3.8) is 0 Å². The molecular weight excluding hydrogens is 344 g/mol. The average Bonchev–Trinajstić information content (AvgIpc) is 2.66. The van der Waals surface area contributed by atoms with Crippen LogP contribution in [0, 0.1) is 0 Å². The number of nitrogens with zero attached hydrogens (tertiary/aromatic N) is 1. The second kappa shape index (κ2) is 9.62. The number of hydrogen-bond donors (Lipinski definition) is 1. The van der Waals surface area contributed by atoms with Crippen LogP contribution in [-0.4, -0.2) is 37.5 Å². The zero-order chi connectivity index (χ0) is 19.8. The molecule has 6 heteroatoms. The van der Waals surface area contributed by atoms with Gasteiger partial charge in [0.25, 0.3) is 0 Å². The molecule has 0 fully saturated rings. The lowest BCUT2D eigenvalue weighted by atomic mass is 10.1. The molecule has 144 valence electrons. The predicted molar refractivity (Wildman–Crippen MR) is 105 cm³/mol. The average molecular weight is 370 g/mol. The van der Waals surface area contributed by atoms with Crippen molar-refractivity contribution in [1.82, 2.24) is 4.90 Å². The Labute approximate surface area is 160 Å². The van der Waals surface area contributed by atoms with E-state index in [1.807, 2.05) is 31.2 Å². The van der Waals surface area contributed by atoms with Gasteiger partial charge in [-0.2, -0.15) is 0 Å². The maximum absolute atomic E-state index is 12.6. The molecule has 0 heterocycles. The van der Waals surface area contributed by atoms with Gasteiger partial charge in [0.05, 0.1) is 20.6 Å². The summed E-state index contributed by atoms with van der Waals surface area (Å²) in [6, 6.07) is 12.9. The molecule has 0 unspecified atom stereocenters. The highest BCUT2D eigenvalue weighted by molar-refractivity contribution is 5.93. The van der Waals surface area contributed by atoms with E-state index >= 15 is 0 Å². The van der Waals surface area contributed by atoms with Crippen LogP contribution < -0.4 is 14.8 Å². The van der Waals surface area contributed by atoms with Crippen LogP contribution in [-0.2, 0) is 22.6 Å². The van der Waals surface area contributed by atoms with Gasteiger partial charge in [0.2, 0.25) is 11.8 Å². The fraction of sp³-hybridized carbons (Fsp3) is 0.333. The van der Waals surface area contributed by atoms with Crippen molar-refractivity contribution in [2.24, 2.45) is 0 Å². The van der Waals surface area contributed by atoms with E-state index in [1.165, 1.54) is 0 Å². The smallest absolute Gasteiger partial charge is 0.228 e. The van der Waals surface area contributed by atoms with E-state index in [0.717, 1.165) is 11.1 Å². The van der Waals surface area contributed by atoms with Gasteiger partial charge in [0.1, 0.15) is 11.5 Å². The summed E-state index contributed by atoms with van der Waals surface area (Å²) in [6.07, 6.45) is 0.152. The number of para-hydroxylation sites is 1. The molecule has 0 saturated heterocycles. The van der Waals surface area contributed by atoms with Gasteiger partial charge < -0.3 is 19.7 Å². The molecule has 0 spiro atoms. The Morgan fingerprint density at radius 1 is 1.04 bits per heavy atom. The Morgan fingerprint density at radius 2 is 1.78 bits per heavy atom. The van der Waals surface area contributed by atoms with Crippen LogP contribution in [0.2, 0.25) is 0 Å². The van der Waals surface area contributed by atoms with E-state index in [0.29, 0.717) is 30.3 Å². The number of nitrogens with one attached hydrogen (secondary N) is 1. The lowest BCUT2D eigenvalue weighted by Crippen LogP contribution is -2.28. The van der Waals surface area contributed by atoms with E-state index in [4.69, 9.17) is 9.47 Å².